The van der Waals surface area contributed by atoms with Crippen molar-refractivity contribution >= 4 is 5.96 Å². The summed E-state index contributed by atoms with van der Waals surface area (Å²) in [5, 5.41) is 3.35. The molecule has 0 aromatic carbocycles. The molecule has 0 spiro atoms. The van der Waals surface area contributed by atoms with Gasteiger partial charge in [0, 0.05) is 39.3 Å². The maximum Gasteiger partial charge on any atom is 0.401 e. The summed E-state index contributed by atoms with van der Waals surface area (Å²) in [6.45, 7) is 6.86. The van der Waals surface area contributed by atoms with Gasteiger partial charge >= 0.3 is 6.18 Å². The Morgan fingerprint density at radius 1 is 1.13 bits per heavy atom. The zero-order valence-corrected chi connectivity index (χ0v) is 18.1. The zero-order valence-electron chi connectivity index (χ0n) is 18.1. The van der Waals surface area contributed by atoms with E-state index in [4.69, 9.17) is 14.5 Å². The highest BCUT2D eigenvalue weighted by molar-refractivity contribution is 5.80. The highest BCUT2D eigenvalue weighted by Gasteiger charge is 2.34. The molecule has 3 heterocycles. The monoisotopic (exact) mass is 434 g/mol. The van der Waals surface area contributed by atoms with Crippen molar-refractivity contribution in [1.29, 1.82) is 0 Å². The number of aliphatic imine (C=N–C) groups is 1. The van der Waals surface area contributed by atoms with E-state index in [1.807, 2.05) is 6.92 Å². The second-order valence-electron chi connectivity index (χ2n) is 8.71. The molecule has 3 rings (SSSR count). The van der Waals surface area contributed by atoms with Crippen LogP contribution in [0.3, 0.4) is 0 Å². The fraction of sp³-hybridized carbons (Fsp3) is 0.952. The maximum atomic E-state index is 12.6. The summed E-state index contributed by atoms with van der Waals surface area (Å²) in [6.07, 6.45) is 2.56. The van der Waals surface area contributed by atoms with E-state index in [9.17, 15) is 13.2 Å². The van der Waals surface area contributed by atoms with Crippen LogP contribution in [0.5, 0.6) is 0 Å². The Kier molecular flexibility index (Phi) is 9.07. The molecule has 9 heteroatoms. The summed E-state index contributed by atoms with van der Waals surface area (Å²) in [5.74, 6) is 1.07. The van der Waals surface area contributed by atoms with Crippen LogP contribution in [0.25, 0.3) is 0 Å². The third-order valence-corrected chi connectivity index (χ3v) is 6.14. The molecule has 1 N–H and O–H groups in total. The van der Waals surface area contributed by atoms with Gasteiger partial charge in [0.05, 0.1) is 25.4 Å². The summed E-state index contributed by atoms with van der Waals surface area (Å²) < 4.78 is 49.6. The van der Waals surface area contributed by atoms with Crippen molar-refractivity contribution in [3.63, 3.8) is 0 Å². The van der Waals surface area contributed by atoms with Gasteiger partial charge in [-0.25, -0.2) is 0 Å². The molecule has 3 saturated heterocycles. The van der Waals surface area contributed by atoms with Gasteiger partial charge in [0.15, 0.2) is 5.96 Å². The first-order valence-corrected chi connectivity index (χ1v) is 11.5. The number of hydrogen-bond acceptors (Lipinski definition) is 4. The molecule has 0 bridgehead atoms. The molecular weight excluding hydrogens is 397 g/mol. The highest BCUT2D eigenvalue weighted by atomic mass is 19.4. The number of likely N-dealkylation sites (tertiary alicyclic amines) is 2. The van der Waals surface area contributed by atoms with Gasteiger partial charge in [0.1, 0.15) is 0 Å². The average molecular weight is 435 g/mol. The Morgan fingerprint density at radius 2 is 1.93 bits per heavy atom. The van der Waals surface area contributed by atoms with Crippen molar-refractivity contribution in [2.75, 3.05) is 59.0 Å². The van der Waals surface area contributed by atoms with Gasteiger partial charge < -0.3 is 19.7 Å². The van der Waals surface area contributed by atoms with Crippen molar-refractivity contribution in [3.05, 3.63) is 0 Å². The normalized spacial score (nSPS) is 27.6. The van der Waals surface area contributed by atoms with E-state index < -0.39 is 12.7 Å². The average Bonchev–Trinajstić information content (AvgIpc) is 3.16. The lowest BCUT2D eigenvalue weighted by Gasteiger charge is -2.35. The summed E-state index contributed by atoms with van der Waals surface area (Å²) >= 11 is 0. The Balaban J connectivity index is 1.40. The SMILES string of the molecule is CCNC(=NCC1CCN(CC(F)(F)F)C1)N1CCC(OCC2CCCCO2)CC1. The van der Waals surface area contributed by atoms with Gasteiger partial charge in [0.2, 0.25) is 0 Å². The number of nitrogens with zero attached hydrogens (tertiary/aromatic N) is 3. The van der Waals surface area contributed by atoms with Gasteiger partial charge in [-0.15, -0.1) is 0 Å². The number of nitrogens with one attached hydrogen (secondary N) is 1. The van der Waals surface area contributed by atoms with Crippen LogP contribution in [0, 0.1) is 5.92 Å². The Morgan fingerprint density at radius 3 is 2.60 bits per heavy atom. The second-order valence-corrected chi connectivity index (χ2v) is 8.71. The number of alkyl halides is 3. The Labute approximate surface area is 178 Å². The van der Waals surface area contributed by atoms with E-state index in [2.05, 4.69) is 10.2 Å². The van der Waals surface area contributed by atoms with Crippen molar-refractivity contribution in [2.24, 2.45) is 10.9 Å². The lowest BCUT2D eigenvalue weighted by molar-refractivity contribution is -0.143. The fourth-order valence-corrected chi connectivity index (χ4v) is 4.52. The number of halogens is 3. The van der Waals surface area contributed by atoms with E-state index >= 15 is 0 Å². The lowest BCUT2D eigenvalue weighted by Crippen LogP contribution is -2.47. The van der Waals surface area contributed by atoms with Gasteiger partial charge in [-0.3, -0.25) is 9.89 Å². The van der Waals surface area contributed by atoms with Crippen LogP contribution in [-0.4, -0.2) is 93.2 Å². The van der Waals surface area contributed by atoms with Crippen LogP contribution in [0.15, 0.2) is 4.99 Å². The first kappa shape index (κ1) is 23.6. The predicted molar refractivity (Wildman–Crippen MR) is 111 cm³/mol. The zero-order chi connectivity index (χ0) is 21.4. The number of ether oxygens (including phenoxy) is 2. The molecule has 3 aliphatic rings. The van der Waals surface area contributed by atoms with Gasteiger partial charge in [-0.2, -0.15) is 13.2 Å². The van der Waals surface area contributed by atoms with Crippen molar-refractivity contribution in [1.82, 2.24) is 15.1 Å². The van der Waals surface area contributed by atoms with Crippen LogP contribution < -0.4 is 5.32 Å². The lowest BCUT2D eigenvalue weighted by atomic mass is 10.1. The smallest absolute Gasteiger partial charge is 0.376 e. The molecule has 0 radical (unpaired) electrons. The molecule has 0 aromatic rings. The molecule has 30 heavy (non-hydrogen) atoms. The number of hydrogen-bond donors (Lipinski definition) is 1. The van der Waals surface area contributed by atoms with Gasteiger partial charge in [0.25, 0.3) is 0 Å². The van der Waals surface area contributed by atoms with Crippen molar-refractivity contribution in [3.8, 4) is 0 Å². The summed E-state index contributed by atoms with van der Waals surface area (Å²) in [5.41, 5.74) is 0. The first-order valence-electron chi connectivity index (χ1n) is 11.5. The molecule has 6 nitrogen and oxygen atoms in total. The Hall–Kier alpha value is -1.06. The topological polar surface area (TPSA) is 49.3 Å². The minimum atomic E-state index is -4.12. The summed E-state index contributed by atoms with van der Waals surface area (Å²) in [7, 11) is 0. The summed E-state index contributed by atoms with van der Waals surface area (Å²) in [6, 6.07) is 0. The van der Waals surface area contributed by atoms with E-state index in [0.29, 0.717) is 26.2 Å². The quantitative estimate of drug-likeness (QED) is 0.493. The minimum absolute atomic E-state index is 0.192. The predicted octanol–water partition coefficient (Wildman–Crippen LogP) is 2.89. The standard InChI is InChI=1S/C21H37F3N4O2/c1-2-25-20(26-13-17-6-9-27(14-17)16-21(22,23)24)28-10-7-18(8-11-28)30-15-19-5-3-4-12-29-19/h17-19H,2-16H2,1H3,(H,25,26). The maximum absolute atomic E-state index is 12.6. The van der Waals surface area contributed by atoms with E-state index in [-0.39, 0.29) is 18.1 Å². The van der Waals surface area contributed by atoms with Crippen LogP contribution in [0.4, 0.5) is 13.2 Å². The Bertz CT molecular complexity index is 533. The van der Waals surface area contributed by atoms with Crippen LogP contribution in [0.1, 0.15) is 45.4 Å². The second kappa shape index (κ2) is 11.5. The largest absolute Gasteiger partial charge is 0.401 e. The van der Waals surface area contributed by atoms with Crippen LogP contribution in [0.2, 0.25) is 0 Å². The summed E-state index contributed by atoms with van der Waals surface area (Å²) in [4.78, 5) is 8.50. The molecule has 0 amide bonds. The molecule has 3 aliphatic heterocycles. The fourth-order valence-electron chi connectivity index (χ4n) is 4.52. The number of guanidine groups is 1. The van der Waals surface area contributed by atoms with Gasteiger partial charge in [-0.1, -0.05) is 0 Å². The third kappa shape index (κ3) is 7.89. The molecule has 0 aromatic heterocycles. The molecule has 0 saturated carbocycles. The van der Waals surface area contributed by atoms with E-state index in [1.165, 1.54) is 11.3 Å². The van der Waals surface area contributed by atoms with Crippen LogP contribution in [-0.2, 0) is 9.47 Å². The number of rotatable bonds is 7. The van der Waals surface area contributed by atoms with Crippen molar-refractivity contribution in [2.45, 2.75) is 63.8 Å². The molecule has 2 unspecified atom stereocenters. The molecule has 3 fully saturated rings. The first-order chi connectivity index (χ1) is 14.4. The van der Waals surface area contributed by atoms with Crippen LogP contribution >= 0.6 is 0 Å². The molecular formula is C21H37F3N4O2. The minimum Gasteiger partial charge on any atom is -0.376 e. The molecule has 2 atom stereocenters. The molecule has 174 valence electrons. The van der Waals surface area contributed by atoms with Gasteiger partial charge in [-0.05, 0) is 57.9 Å². The molecule has 0 aliphatic carbocycles. The van der Waals surface area contributed by atoms with E-state index in [0.717, 1.165) is 64.3 Å². The van der Waals surface area contributed by atoms with E-state index in [1.54, 1.807) is 0 Å². The van der Waals surface area contributed by atoms with Crippen molar-refractivity contribution < 1.29 is 22.6 Å². The number of piperidine rings is 1. The third-order valence-electron chi connectivity index (χ3n) is 6.14. The highest BCUT2D eigenvalue weighted by Crippen LogP contribution is 2.23.